The van der Waals surface area contributed by atoms with Crippen molar-refractivity contribution in [3.8, 4) is 6.07 Å². The maximum atomic E-state index is 11.6. The molecule has 2 rings (SSSR count). The van der Waals surface area contributed by atoms with Crippen molar-refractivity contribution in [1.29, 1.82) is 5.26 Å². The molecule has 0 saturated carbocycles. The number of carbonyl (C=O) groups is 1. The fourth-order valence-corrected chi connectivity index (χ4v) is 2.12. The van der Waals surface area contributed by atoms with Crippen molar-refractivity contribution >= 4 is 22.2 Å². The van der Waals surface area contributed by atoms with E-state index in [1.54, 1.807) is 18.2 Å². The molecular formula is C11H8N2O2S. The van der Waals surface area contributed by atoms with Crippen LogP contribution in [0.1, 0.15) is 21.0 Å². The third kappa shape index (κ3) is 1.97. The average molecular weight is 232 g/mol. The van der Waals surface area contributed by atoms with Crippen LogP contribution < -0.4 is 5.32 Å². The molecule has 0 bridgehead atoms. The van der Waals surface area contributed by atoms with E-state index in [0.29, 0.717) is 10.6 Å². The van der Waals surface area contributed by atoms with Gasteiger partial charge < -0.3 is 9.73 Å². The summed E-state index contributed by atoms with van der Waals surface area (Å²) in [6, 6.07) is 6.98. The van der Waals surface area contributed by atoms with Crippen molar-refractivity contribution in [3.05, 3.63) is 40.7 Å². The van der Waals surface area contributed by atoms with Crippen LogP contribution in [0.4, 0.5) is 5.00 Å². The van der Waals surface area contributed by atoms with E-state index in [1.807, 2.05) is 13.0 Å². The van der Waals surface area contributed by atoms with Crippen molar-refractivity contribution in [2.24, 2.45) is 0 Å². The van der Waals surface area contributed by atoms with Crippen molar-refractivity contribution < 1.29 is 9.21 Å². The first-order valence-electron chi connectivity index (χ1n) is 4.56. The average Bonchev–Trinajstić information content (AvgIpc) is 2.87. The van der Waals surface area contributed by atoms with Gasteiger partial charge in [-0.05, 0) is 25.1 Å². The third-order valence-corrected chi connectivity index (χ3v) is 2.91. The summed E-state index contributed by atoms with van der Waals surface area (Å²) in [5.74, 6) is -0.113. The first kappa shape index (κ1) is 10.5. The highest BCUT2D eigenvalue weighted by molar-refractivity contribution is 7.16. The molecule has 0 saturated heterocycles. The number of carbonyl (C=O) groups excluding carboxylic acids is 1. The van der Waals surface area contributed by atoms with Crippen molar-refractivity contribution in [2.75, 3.05) is 5.32 Å². The number of nitrogens with one attached hydrogen (secondary N) is 1. The number of aryl methyl sites for hydroxylation is 1. The van der Waals surface area contributed by atoms with Gasteiger partial charge in [0.2, 0.25) is 0 Å². The van der Waals surface area contributed by atoms with Crippen molar-refractivity contribution in [1.82, 2.24) is 0 Å². The highest BCUT2D eigenvalue weighted by Gasteiger charge is 2.13. The Morgan fingerprint density at radius 2 is 2.44 bits per heavy atom. The Morgan fingerprint density at radius 1 is 1.62 bits per heavy atom. The van der Waals surface area contributed by atoms with Gasteiger partial charge >= 0.3 is 0 Å². The number of amides is 1. The summed E-state index contributed by atoms with van der Waals surface area (Å²) in [7, 11) is 0. The Morgan fingerprint density at radius 3 is 3.06 bits per heavy atom. The summed E-state index contributed by atoms with van der Waals surface area (Å²) in [5, 5.41) is 12.1. The first-order valence-corrected chi connectivity index (χ1v) is 5.37. The third-order valence-electron chi connectivity index (χ3n) is 1.95. The first-order chi connectivity index (χ1) is 7.70. The van der Waals surface area contributed by atoms with Gasteiger partial charge in [0.1, 0.15) is 11.1 Å². The van der Waals surface area contributed by atoms with E-state index < -0.39 is 0 Å². The van der Waals surface area contributed by atoms with Crippen LogP contribution in [0.3, 0.4) is 0 Å². The molecule has 0 aromatic carbocycles. The minimum atomic E-state index is -0.344. The largest absolute Gasteiger partial charge is 0.459 e. The number of nitriles is 1. The number of rotatable bonds is 2. The molecule has 0 aliphatic rings. The fourth-order valence-electron chi connectivity index (χ4n) is 1.26. The van der Waals surface area contributed by atoms with Gasteiger partial charge in [0.15, 0.2) is 5.76 Å². The summed E-state index contributed by atoms with van der Waals surface area (Å²) in [5.41, 5.74) is 0.474. The number of thiophene rings is 1. The molecule has 2 aromatic heterocycles. The molecule has 4 nitrogen and oxygen atoms in total. The lowest BCUT2D eigenvalue weighted by molar-refractivity contribution is 0.0997. The minimum absolute atomic E-state index is 0.231. The van der Waals surface area contributed by atoms with E-state index in [-0.39, 0.29) is 11.7 Å². The number of nitrogens with zero attached hydrogens (tertiary/aromatic N) is 1. The van der Waals surface area contributed by atoms with Crippen LogP contribution in [0.2, 0.25) is 0 Å². The predicted molar refractivity (Wildman–Crippen MR) is 60.4 cm³/mol. The Hall–Kier alpha value is -2.06. The summed E-state index contributed by atoms with van der Waals surface area (Å²) >= 11 is 1.37. The monoisotopic (exact) mass is 232 g/mol. The molecule has 80 valence electrons. The molecular weight excluding hydrogens is 224 g/mol. The van der Waals surface area contributed by atoms with E-state index in [0.717, 1.165) is 4.88 Å². The molecule has 0 unspecified atom stereocenters. The second-order valence-electron chi connectivity index (χ2n) is 3.14. The Balaban J connectivity index is 2.22. The fraction of sp³-hybridized carbons (Fsp3) is 0.0909. The quantitative estimate of drug-likeness (QED) is 0.865. The molecule has 16 heavy (non-hydrogen) atoms. The highest BCUT2D eigenvalue weighted by Crippen LogP contribution is 2.27. The molecule has 5 heteroatoms. The van der Waals surface area contributed by atoms with Gasteiger partial charge in [0.25, 0.3) is 5.91 Å². The summed E-state index contributed by atoms with van der Waals surface area (Å²) in [4.78, 5) is 12.6. The zero-order valence-electron chi connectivity index (χ0n) is 8.48. The SMILES string of the molecule is Cc1cc(C#N)c(NC(=O)c2ccco2)s1. The maximum absolute atomic E-state index is 11.6. The lowest BCUT2D eigenvalue weighted by atomic mass is 10.3. The smallest absolute Gasteiger partial charge is 0.291 e. The standard InChI is InChI=1S/C11H8N2O2S/c1-7-5-8(6-12)11(16-7)13-10(14)9-3-2-4-15-9/h2-5H,1H3,(H,13,14). The molecule has 0 atom stereocenters. The predicted octanol–water partition coefficient (Wildman–Crippen LogP) is 2.77. The summed E-state index contributed by atoms with van der Waals surface area (Å²) in [6.07, 6.45) is 1.43. The molecule has 0 spiro atoms. The minimum Gasteiger partial charge on any atom is -0.459 e. The van der Waals surface area contributed by atoms with E-state index in [2.05, 4.69) is 5.32 Å². The van der Waals surface area contributed by atoms with Gasteiger partial charge in [-0.25, -0.2) is 0 Å². The number of anilines is 1. The van der Waals surface area contributed by atoms with E-state index in [1.165, 1.54) is 17.6 Å². The van der Waals surface area contributed by atoms with Gasteiger partial charge in [-0.2, -0.15) is 5.26 Å². The molecule has 1 N–H and O–H groups in total. The van der Waals surface area contributed by atoms with Gasteiger partial charge in [0, 0.05) is 4.88 Å². The molecule has 0 radical (unpaired) electrons. The zero-order valence-corrected chi connectivity index (χ0v) is 9.30. The number of hydrogen-bond acceptors (Lipinski definition) is 4. The van der Waals surface area contributed by atoms with Crippen LogP contribution in [-0.4, -0.2) is 5.91 Å². The molecule has 2 heterocycles. The maximum Gasteiger partial charge on any atom is 0.291 e. The van der Waals surface area contributed by atoms with Crippen LogP contribution in [0.15, 0.2) is 28.9 Å². The second-order valence-corrected chi connectivity index (χ2v) is 4.40. The molecule has 0 aliphatic carbocycles. The second kappa shape index (κ2) is 4.21. The summed E-state index contributed by atoms with van der Waals surface area (Å²) in [6.45, 7) is 1.88. The van der Waals surface area contributed by atoms with Crippen molar-refractivity contribution in [3.63, 3.8) is 0 Å². The highest BCUT2D eigenvalue weighted by atomic mass is 32.1. The van der Waals surface area contributed by atoms with Gasteiger partial charge in [-0.3, -0.25) is 4.79 Å². The Bertz CT molecular complexity index is 549. The van der Waals surface area contributed by atoms with Crippen LogP contribution in [0, 0.1) is 18.3 Å². The topological polar surface area (TPSA) is 66.0 Å². The molecule has 0 aliphatic heterocycles. The molecule has 0 fully saturated rings. The van der Waals surface area contributed by atoms with Crippen LogP contribution >= 0.6 is 11.3 Å². The van der Waals surface area contributed by atoms with Crippen LogP contribution in [0.25, 0.3) is 0 Å². The molecule has 2 aromatic rings. The number of furan rings is 1. The van der Waals surface area contributed by atoms with E-state index in [4.69, 9.17) is 9.68 Å². The lowest BCUT2D eigenvalue weighted by Gasteiger charge is -1.99. The van der Waals surface area contributed by atoms with Gasteiger partial charge in [-0.15, -0.1) is 11.3 Å². The Kier molecular flexibility index (Phi) is 2.75. The van der Waals surface area contributed by atoms with Crippen LogP contribution in [-0.2, 0) is 0 Å². The van der Waals surface area contributed by atoms with Crippen molar-refractivity contribution in [2.45, 2.75) is 6.92 Å². The zero-order chi connectivity index (χ0) is 11.5. The van der Waals surface area contributed by atoms with Crippen LogP contribution in [0.5, 0.6) is 0 Å². The molecule has 1 amide bonds. The van der Waals surface area contributed by atoms with Gasteiger partial charge in [0.05, 0.1) is 11.8 Å². The lowest BCUT2D eigenvalue weighted by Crippen LogP contribution is -2.10. The van der Waals surface area contributed by atoms with Gasteiger partial charge in [-0.1, -0.05) is 0 Å². The summed E-state index contributed by atoms with van der Waals surface area (Å²) < 4.78 is 4.96. The van der Waals surface area contributed by atoms with E-state index in [9.17, 15) is 4.79 Å². The number of hydrogen-bond donors (Lipinski definition) is 1. The Labute approximate surface area is 96.1 Å². The normalized spacial score (nSPS) is 9.75. The van der Waals surface area contributed by atoms with E-state index >= 15 is 0 Å².